The van der Waals surface area contributed by atoms with E-state index < -0.39 is 0 Å². The molecule has 0 unspecified atom stereocenters. The van der Waals surface area contributed by atoms with E-state index in [4.69, 9.17) is 5.26 Å². The minimum atomic E-state index is -0.136. The fourth-order valence-electron chi connectivity index (χ4n) is 1.67. The van der Waals surface area contributed by atoms with Gasteiger partial charge >= 0.3 is 6.85 Å². The third kappa shape index (κ3) is 2.49. The first-order chi connectivity index (χ1) is 7.90. The van der Waals surface area contributed by atoms with Gasteiger partial charge in [0.05, 0.1) is 0 Å². The predicted octanol–water partition coefficient (Wildman–Crippen LogP) is 1.66. The number of nitrogens with zero attached hydrogens (tertiary/aromatic N) is 2. The van der Waals surface area contributed by atoms with E-state index in [9.17, 15) is 0 Å². The van der Waals surface area contributed by atoms with Gasteiger partial charge in [0.2, 0.25) is 0 Å². The number of nitriles is 1. The largest absolute Gasteiger partial charge is 0.436 e. The molecule has 77 valence electrons. The summed E-state index contributed by atoms with van der Waals surface area (Å²) in [6.07, 6.45) is 4.60. The van der Waals surface area contributed by atoms with Crippen LogP contribution in [0.25, 0.3) is 0 Å². The van der Waals surface area contributed by atoms with Gasteiger partial charge in [0.25, 0.3) is 0 Å². The maximum Gasteiger partial charge on any atom is 0.324 e. The van der Waals surface area contributed by atoms with Crippen molar-refractivity contribution in [2.24, 2.45) is 0 Å². The first-order valence-corrected chi connectivity index (χ1v) is 5.29. The van der Waals surface area contributed by atoms with Gasteiger partial charge in [0.15, 0.2) is 0 Å². The molecule has 0 aliphatic rings. The molecule has 1 aromatic heterocycles. The second-order valence-corrected chi connectivity index (χ2v) is 3.66. The molecule has 0 saturated heterocycles. The van der Waals surface area contributed by atoms with Crippen molar-refractivity contribution in [3.8, 4) is 5.97 Å². The Kier molecular flexibility index (Phi) is 3.35. The zero-order valence-electron chi connectivity index (χ0n) is 8.95. The number of rotatable bonds is 3. The van der Waals surface area contributed by atoms with Crippen LogP contribution in [-0.2, 0) is 6.32 Å². The second-order valence-electron chi connectivity index (χ2n) is 3.66. The molecule has 2 aromatic rings. The summed E-state index contributed by atoms with van der Waals surface area (Å²) in [6, 6.07) is 15.9. The summed E-state index contributed by atoms with van der Waals surface area (Å²) < 4.78 is 1.94. The fraction of sp³-hybridized carbons (Fsp3) is 0.0769. The molecular formula is C13H12BN2. The molecule has 16 heavy (non-hydrogen) atoms. The lowest BCUT2D eigenvalue weighted by Gasteiger charge is -2.12. The Hall–Kier alpha value is -2.08. The van der Waals surface area contributed by atoms with Gasteiger partial charge in [0.1, 0.15) is 12.4 Å². The molecule has 0 N–H and O–H groups in total. The Morgan fingerprint density at radius 3 is 2.25 bits per heavy atom. The summed E-state index contributed by atoms with van der Waals surface area (Å²) in [5.41, 5.74) is 1.19. The van der Waals surface area contributed by atoms with E-state index in [0.717, 1.165) is 6.32 Å². The molecule has 2 nitrogen and oxygen atoms in total. The van der Waals surface area contributed by atoms with Crippen LogP contribution in [-0.4, -0.2) is 6.85 Å². The molecule has 1 aromatic carbocycles. The van der Waals surface area contributed by atoms with Crippen molar-refractivity contribution in [1.29, 1.82) is 5.26 Å². The van der Waals surface area contributed by atoms with Gasteiger partial charge < -0.3 is 4.48 Å². The molecule has 0 atom stereocenters. The Morgan fingerprint density at radius 1 is 1.00 bits per heavy atom. The third-order valence-corrected chi connectivity index (χ3v) is 2.52. The van der Waals surface area contributed by atoms with Gasteiger partial charge in [-0.3, -0.25) is 0 Å². The van der Waals surface area contributed by atoms with Crippen molar-refractivity contribution in [3.63, 3.8) is 0 Å². The number of hydrogen-bond donors (Lipinski definition) is 0. The van der Waals surface area contributed by atoms with Crippen LogP contribution in [0.15, 0.2) is 60.9 Å². The molecule has 1 radical (unpaired) electrons. The molecule has 0 aliphatic carbocycles. The Morgan fingerprint density at radius 2 is 1.62 bits per heavy atom. The molecule has 0 saturated carbocycles. The first-order valence-electron chi connectivity index (χ1n) is 5.29. The SMILES string of the molecule is N#C[B-](Cc1ccccc1)[n+]1ccccc1. The second kappa shape index (κ2) is 5.13. The number of pyridine rings is 1. The predicted molar refractivity (Wildman–Crippen MR) is 63.5 cm³/mol. The third-order valence-electron chi connectivity index (χ3n) is 2.52. The van der Waals surface area contributed by atoms with E-state index in [0.29, 0.717) is 0 Å². The molecule has 1 heterocycles. The normalized spacial score (nSPS) is 10.0. The number of aromatic nitrogens is 1. The van der Waals surface area contributed by atoms with Crippen molar-refractivity contribution in [3.05, 3.63) is 66.5 Å². The summed E-state index contributed by atoms with van der Waals surface area (Å²) in [5, 5.41) is 9.17. The zero-order chi connectivity index (χ0) is 11.2. The molecule has 0 spiro atoms. The summed E-state index contributed by atoms with van der Waals surface area (Å²) in [5.74, 6) is 2.33. The van der Waals surface area contributed by atoms with E-state index in [-0.39, 0.29) is 6.85 Å². The van der Waals surface area contributed by atoms with E-state index in [2.05, 4.69) is 5.97 Å². The van der Waals surface area contributed by atoms with Crippen LogP contribution in [0, 0.1) is 11.2 Å². The van der Waals surface area contributed by atoms with Gasteiger partial charge in [-0.25, -0.2) is 5.26 Å². The zero-order valence-corrected chi connectivity index (χ0v) is 8.95. The van der Waals surface area contributed by atoms with Crippen LogP contribution >= 0.6 is 0 Å². The van der Waals surface area contributed by atoms with E-state index >= 15 is 0 Å². The Bertz CT molecular complexity index is 476. The standard InChI is InChI=1S/C13H12BN2/c15-12-14(16-9-5-2-6-10-16)11-13-7-3-1-4-8-13/h1-10H,11H2. The monoisotopic (exact) mass is 207 g/mol. The molecule has 2 rings (SSSR count). The van der Waals surface area contributed by atoms with Crippen LogP contribution in [0.5, 0.6) is 0 Å². The summed E-state index contributed by atoms with van der Waals surface area (Å²) in [4.78, 5) is 0. The first kappa shape index (κ1) is 10.4. The summed E-state index contributed by atoms with van der Waals surface area (Å²) >= 11 is 0. The molecule has 0 bridgehead atoms. The van der Waals surface area contributed by atoms with Crippen molar-refractivity contribution in [2.75, 3.05) is 0 Å². The average Bonchev–Trinajstić information content (AvgIpc) is 2.38. The highest BCUT2D eigenvalue weighted by Crippen LogP contribution is 2.00. The van der Waals surface area contributed by atoms with Gasteiger partial charge in [-0.05, 0) is 12.1 Å². The smallest absolute Gasteiger partial charge is 0.324 e. The Labute approximate surface area is 95.9 Å². The maximum absolute atomic E-state index is 9.17. The van der Waals surface area contributed by atoms with E-state index in [1.54, 1.807) is 0 Å². The Balaban J connectivity index is 2.17. The van der Waals surface area contributed by atoms with Crippen LogP contribution in [0.4, 0.5) is 0 Å². The maximum atomic E-state index is 9.17. The van der Waals surface area contributed by atoms with Crippen LogP contribution in [0.2, 0.25) is 0 Å². The van der Waals surface area contributed by atoms with E-state index in [1.807, 2.05) is 65.4 Å². The minimum Gasteiger partial charge on any atom is -0.436 e. The topological polar surface area (TPSA) is 27.7 Å². The molecule has 0 aliphatic heterocycles. The summed E-state index contributed by atoms with van der Waals surface area (Å²) in [6.45, 7) is -0.136. The van der Waals surface area contributed by atoms with Crippen LogP contribution < -0.4 is 4.48 Å². The quantitative estimate of drug-likeness (QED) is 0.703. The van der Waals surface area contributed by atoms with E-state index in [1.165, 1.54) is 5.56 Å². The molecule has 3 heteroatoms. The highest BCUT2D eigenvalue weighted by molar-refractivity contribution is 6.57. The lowest BCUT2D eigenvalue weighted by Crippen LogP contribution is -2.51. The van der Waals surface area contributed by atoms with Crippen molar-refractivity contribution >= 4 is 6.85 Å². The lowest BCUT2D eigenvalue weighted by atomic mass is 9.59. The highest BCUT2D eigenvalue weighted by atomic mass is 14.8. The molecular weight excluding hydrogens is 195 g/mol. The number of benzene rings is 1. The molecule has 0 fully saturated rings. The average molecular weight is 207 g/mol. The molecule has 0 amide bonds. The lowest BCUT2D eigenvalue weighted by molar-refractivity contribution is -0.536. The van der Waals surface area contributed by atoms with Gasteiger partial charge in [-0.15, -0.1) is 0 Å². The van der Waals surface area contributed by atoms with Crippen LogP contribution in [0.3, 0.4) is 0 Å². The van der Waals surface area contributed by atoms with Crippen LogP contribution in [0.1, 0.15) is 5.56 Å². The summed E-state index contributed by atoms with van der Waals surface area (Å²) in [7, 11) is 0. The fourth-order valence-corrected chi connectivity index (χ4v) is 1.67. The van der Waals surface area contributed by atoms with Crippen molar-refractivity contribution in [2.45, 2.75) is 6.32 Å². The van der Waals surface area contributed by atoms with Crippen molar-refractivity contribution in [1.82, 2.24) is 0 Å². The van der Waals surface area contributed by atoms with Gasteiger partial charge in [-0.2, -0.15) is 0 Å². The van der Waals surface area contributed by atoms with Gasteiger partial charge in [-0.1, -0.05) is 54.3 Å². The highest BCUT2D eigenvalue weighted by Gasteiger charge is 2.10. The minimum absolute atomic E-state index is 0.136. The van der Waals surface area contributed by atoms with Gasteiger partial charge in [0, 0.05) is 0 Å². The van der Waals surface area contributed by atoms with Crippen molar-refractivity contribution < 1.29 is 4.48 Å². The number of hydrogen-bond acceptors (Lipinski definition) is 1.